The van der Waals surface area contributed by atoms with Gasteiger partial charge in [-0.15, -0.1) is 71.3 Å². The molecule has 0 atom stereocenters. The quantitative estimate of drug-likeness (QED) is 0.267. The molecule has 0 amide bonds. The van der Waals surface area contributed by atoms with Gasteiger partial charge in [0.05, 0.1) is 0 Å². The van der Waals surface area contributed by atoms with E-state index in [2.05, 4.69) is 61.1 Å². The Kier molecular flexibility index (Phi) is 8.45. The van der Waals surface area contributed by atoms with E-state index in [1.807, 2.05) is 60.7 Å². The normalized spacial score (nSPS) is 10.3. The van der Waals surface area contributed by atoms with Crippen LogP contribution < -0.4 is 0 Å². The number of rotatable bonds is 2. The average molecular weight is 557 g/mol. The van der Waals surface area contributed by atoms with Gasteiger partial charge in [0, 0.05) is 32.5 Å². The van der Waals surface area contributed by atoms with Gasteiger partial charge in [0.1, 0.15) is 0 Å². The zero-order valence-electron chi connectivity index (χ0n) is 16.9. The van der Waals surface area contributed by atoms with Gasteiger partial charge in [-0.25, -0.2) is 0 Å². The third-order valence-electron chi connectivity index (χ3n) is 4.27. The standard InChI is InChI=1S/C15H16N.C11H8N.Ir/c1-15(2,3)13-9-7-12(8-10-13)14-6-4-5-11-16-14;1-2-6-10(7-3-1)11-8-4-5-9-12-11;/h4-7,9-11H,1-3H3;1-6,8-9H;/q2*-1;. The van der Waals surface area contributed by atoms with Crippen LogP contribution in [0.15, 0.2) is 91.3 Å². The van der Waals surface area contributed by atoms with Crippen LogP contribution in [-0.2, 0) is 25.5 Å². The van der Waals surface area contributed by atoms with Gasteiger partial charge in [-0.05, 0) is 28.9 Å². The molecule has 0 spiro atoms. The Labute approximate surface area is 187 Å². The van der Waals surface area contributed by atoms with Gasteiger partial charge in [-0.2, -0.15) is 0 Å². The number of pyridine rings is 2. The molecule has 4 rings (SSSR count). The van der Waals surface area contributed by atoms with Gasteiger partial charge >= 0.3 is 0 Å². The maximum atomic E-state index is 4.31. The van der Waals surface area contributed by atoms with Gasteiger partial charge in [-0.1, -0.05) is 45.0 Å². The predicted molar refractivity (Wildman–Crippen MR) is 116 cm³/mol. The number of hydrogen-bond donors (Lipinski definition) is 0. The van der Waals surface area contributed by atoms with Crippen LogP contribution in [0, 0.1) is 12.1 Å². The zero-order chi connectivity index (χ0) is 19.8. The van der Waals surface area contributed by atoms with E-state index < -0.39 is 0 Å². The molecule has 0 fully saturated rings. The van der Waals surface area contributed by atoms with Crippen LogP contribution in [-0.4, -0.2) is 9.97 Å². The average Bonchev–Trinajstić information content (AvgIpc) is 2.76. The second kappa shape index (κ2) is 10.8. The fourth-order valence-corrected chi connectivity index (χ4v) is 2.65. The van der Waals surface area contributed by atoms with Crippen LogP contribution in [0.2, 0.25) is 0 Å². The van der Waals surface area contributed by atoms with E-state index in [0.29, 0.717) is 0 Å². The summed E-state index contributed by atoms with van der Waals surface area (Å²) in [7, 11) is 0. The van der Waals surface area contributed by atoms with E-state index in [1.165, 1.54) is 5.56 Å². The molecule has 2 aromatic carbocycles. The van der Waals surface area contributed by atoms with Crippen LogP contribution >= 0.6 is 0 Å². The van der Waals surface area contributed by atoms with Crippen molar-refractivity contribution in [2.45, 2.75) is 26.2 Å². The molecule has 2 nitrogen and oxygen atoms in total. The summed E-state index contributed by atoms with van der Waals surface area (Å²) in [5, 5.41) is 0. The maximum Gasteiger partial charge on any atom is 0.0160 e. The molecule has 0 bridgehead atoms. The summed E-state index contributed by atoms with van der Waals surface area (Å²) in [4.78, 5) is 8.53. The number of nitrogens with zero attached hydrogens (tertiary/aromatic N) is 2. The molecule has 29 heavy (non-hydrogen) atoms. The summed E-state index contributed by atoms with van der Waals surface area (Å²) in [5.41, 5.74) is 5.51. The molecule has 149 valence electrons. The zero-order valence-corrected chi connectivity index (χ0v) is 19.3. The van der Waals surface area contributed by atoms with E-state index >= 15 is 0 Å². The molecular formula is C26H24IrN2-2. The Hall–Kier alpha value is -2.61. The first-order valence-corrected chi connectivity index (χ1v) is 9.36. The van der Waals surface area contributed by atoms with Crippen LogP contribution in [0.25, 0.3) is 22.5 Å². The summed E-state index contributed by atoms with van der Waals surface area (Å²) < 4.78 is 0. The van der Waals surface area contributed by atoms with E-state index in [1.54, 1.807) is 12.4 Å². The SMILES string of the molecule is CC(C)(C)c1c[c-]c(-c2ccccn2)cc1.[Ir].[c-]1ccccc1-c1ccccn1. The molecular weight excluding hydrogens is 533 g/mol. The Balaban J connectivity index is 0.000000207. The summed E-state index contributed by atoms with van der Waals surface area (Å²) in [5.74, 6) is 0. The number of aromatic nitrogens is 2. The largest absolute Gasteiger partial charge is 0.305 e. The molecule has 0 aliphatic carbocycles. The molecule has 0 unspecified atom stereocenters. The Bertz CT molecular complexity index is 924. The predicted octanol–water partition coefficient (Wildman–Crippen LogP) is 6.39. The van der Waals surface area contributed by atoms with Crippen LogP contribution in [0.5, 0.6) is 0 Å². The van der Waals surface area contributed by atoms with Crippen molar-refractivity contribution in [3.05, 3.63) is 109 Å². The molecule has 0 N–H and O–H groups in total. The van der Waals surface area contributed by atoms with E-state index in [0.717, 1.165) is 22.5 Å². The van der Waals surface area contributed by atoms with E-state index in [9.17, 15) is 0 Å². The van der Waals surface area contributed by atoms with Crippen molar-refractivity contribution >= 4 is 0 Å². The second-order valence-corrected chi connectivity index (χ2v) is 7.45. The molecule has 0 saturated heterocycles. The van der Waals surface area contributed by atoms with E-state index in [-0.39, 0.29) is 25.5 Å². The third-order valence-corrected chi connectivity index (χ3v) is 4.27. The first-order valence-electron chi connectivity index (χ1n) is 9.36. The molecule has 2 aromatic heterocycles. The van der Waals surface area contributed by atoms with Crippen molar-refractivity contribution in [2.75, 3.05) is 0 Å². The van der Waals surface area contributed by atoms with Crippen molar-refractivity contribution in [2.24, 2.45) is 0 Å². The minimum absolute atomic E-state index is 0. The topological polar surface area (TPSA) is 25.8 Å². The molecule has 0 aliphatic heterocycles. The summed E-state index contributed by atoms with van der Waals surface area (Å²) in [6.07, 6.45) is 3.59. The van der Waals surface area contributed by atoms with Crippen molar-refractivity contribution < 1.29 is 20.1 Å². The van der Waals surface area contributed by atoms with Gasteiger partial charge in [0.2, 0.25) is 0 Å². The van der Waals surface area contributed by atoms with Crippen molar-refractivity contribution in [1.29, 1.82) is 0 Å². The fourth-order valence-electron chi connectivity index (χ4n) is 2.65. The number of hydrogen-bond acceptors (Lipinski definition) is 2. The summed E-state index contributed by atoms with van der Waals surface area (Å²) >= 11 is 0. The van der Waals surface area contributed by atoms with Crippen LogP contribution in [0.4, 0.5) is 0 Å². The summed E-state index contributed by atoms with van der Waals surface area (Å²) in [6.45, 7) is 6.61. The molecule has 1 radical (unpaired) electrons. The van der Waals surface area contributed by atoms with Crippen molar-refractivity contribution in [1.82, 2.24) is 9.97 Å². The van der Waals surface area contributed by atoms with Gasteiger partial charge in [0.25, 0.3) is 0 Å². The minimum atomic E-state index is 0. The first kappa shape index (κ1) is 22.7. The fraction of sp³-hybridized carbons (Fsp3) is 0.154. The molecule has 2 heterocycles. The van der Waals surface area contributed by atoms with Gasteiger partial charge in [0.15, 0.2) is 0 Å². The van der Waals surface area contributed by atoms with Gasteiger partial charge < -0.3 is 9.97 Å². The van der Waals surface area contributed by atoms with Crippen molar-refractivity contribution in [3.8, 4) is 22.5 Å². The third kappa shape index (κ3) is 6.74. The van der Waals surface area contributed by atoms with E-state index in [4.69, 9.17) is 0 Å². The summed E-state index contributed by atoms with van der Waals surface area (Å²) in [6, 6.07) is 32.3. The molecule has 4 aromatic rings. The Morgan fingerprint density at radius 2 is 1.24 bits per heavy atom. The van der Waals surface area contributed by atoms with Crippen molar-refractivity contribution in [3.63, 3.8) is 0 Å². The van der Waals surface area contributed by atoms with Crippen LogP contribution in [0.3, 0.4) is 0 Å². The monoisotopic (exact) mass is 557 g/mol. The Morgan fingerprint density at radius 3 is 1.66 bits per heavy atom. The second-order valence-electron chi connectivity index (χ2n) is 7.45. The number of benzene rings is 2. The minimum Gasteiger partial charge on any atom is -0.305 e. The van der Waals surface area contributed by atoms with Crippen LogP contribution in [0.1, 0.15) is 26.3 Å². The smallest absolute Gasteiger partial charge is 0.0160 e. The first-order chi connectivity index (χ1) is 13.5. The van der Waals surface area contributed by atoms with Gasteiger partial charge in [-0.3, -0.25) is 0 Å². The molecule has 0 aliphatic rings. The maximum absolute atomic E-state index is 4.31. The molecule has 0 saturated carbocycles. The molecule has 3 heteroatoms. The Morgan fingerprint density at radius 1 is 0.655 bits per heavy atom.